The van der Waals surface area contributed by atoms with E-state index in [0.29, 0.717) is 0 Å². The van der Waals surface area contributed by atoms with Gasteiger partial charge in [0.15, 0.2) is 0 Å². The quantitative estimate of drug-likeness (QED) is 0.725. The van der Waals surface area contributed by atoms with Gasteiger partial charge < -0.3 is 0 Å². The zero-order valence-electron chi connectivity index (χ0n) is 6.10. The van der Waals surface area contributed by atoms with Crippen molar-refractivity contribution in [2.24, 2.45) is 0 Å². The van der Waals surface area contributed by atoms with Crippen LogP contribution in [0.1, 0.15) is 22.6 Å². The molecular weight excluding hydrogens is 223 g/mol. The number of carbonyl (C=O) groups excluding carboxylic acids is 1. The zero-order valence-corrected chi connectivity index (χ0v) is 7.61. The summed E-state index contributed by atoms with van der Waals surface area (Å²) in [4.78, 5) is 13.9. The van der Waals surface area contributed by atoms with Crippen LogP contribution in [0.2, 0.25) is 5.02 Å². The molecule has 2 nitrogen and oxygen atoms in total. The summed E-state index contributed by atoms with van der Waals surface area (Å²) in [5.74, 6) is 0. The molecule has 0 unspecified atom stereocenters. The third-order valence-corrected chi connectivity index (χ3v) is 1.65. The van der Waals surface area contributed by atoms with Crippen molar-refractivity contribution in [1.82, 2.24) is 4.98 Å². The zero-order chi connectivity index (χ0) is 10.0. The normalized spacial score (nSPS) is 10.5. The van der Waals surface area contributed by atoms with Gasteiger partial charge in [-0.3, -0.25) is 4.79 Å². The number of rotatable bonds is 2. The number of aromatic nitrogens is 1. The summed E-state index contributed by atoms with van der Waals surface area (Å²) >= 11 is 10.5. The Kier molecular flexibility index (Phi) is 3.17. The lowest BCUT2D eigenvalue weighted by molar-refractivity contribution is 0.107. The molecule has 0 aliphatic rings. The summed E-state index contributed by atoms with van der Waals surface area (Å²) < 4.78 is 24.2. The maximum Gasteiger partial charge on any atom is 0.280 e. The number of pyridine rings is 1. The molecule has 0 fully saturated rings. The Bertz CT molecular complexity index is 343. The molecule has 0 amide bonds. The van der Waals surface area contributed by atoms with Gasteiger partial charge in [0.05, 0.1) is 0 Å². The van der Waals surface area contributed by atoms with E-state index >= 15 is 0 Å². The van der Waals surface area contributed by atoms with Crippen molar-refractivity contribution in [3.63, 3.8) is 0 Å². The van der Waals surface area contributed by atoms with E-state index in [-0.39, 0.29) is 10.7 Å². The minimum atomic E-state index is -2.77. The van der Waals surface area contributed by atoms with Crippen LogP contribution in [0.4, 0.5) is 8.78 Å². The van der Waals surface area contributed by atoms with Crippen molar-refractivity contribution in [2.75, 3.05) is 0 Å². The van der Waals surface area contributed by atoms with Gasteiger partial charge in [0.1, 0.15) is 11.4 Å². The Morgan fingerprint density at radius 1 is 1.46 bits per heavy atom. The lowest BCUT2D eigenvalue weighted by Gasteiger charge is -2.00. The van der Waals surface area contributed by atoms with Gasteiger partial charge in [-0.2, -0.15) is 0 Å². The fraction of sp³-hybridized carbons (Fsp3) is 0.143. The van der Waals surface area contributed by atoms with Crippen molar-refractivity contribution in [3.05, 3.63) is 28.5 Å². The van der Waals surface area contributed by atoms with Crippen molar-refractivity contribution >= 4 is 28.4 Å². The number of carbonyl (C=O) groups is 1. The first kappa shape index (κ1) is 10.3. The molecule has 0 N–H and O–H groups in total. The van der Waals surface area contributed by atoms with Gasteiger partial charge >= 0.3 is 0 Å². The summed E-state index contributed by atoms with van der Waals surface area (Å²) in [6, 6.07) is 2.11. The van der Waals surface area contributed by atoms with E-state index in [4.69, 9.17) is 23.2 Å². The molecular formula is C7H3Cl2F2NO. The minimum absolute atomic E-state index is 0.00861. The fourth-order valence-corrected chi connectivity index (χ4v) is 1.04. The van der Waals surface area contributed by atoms with Crippen LogP contribution in [0.5, 0.6) is 0 Å². The van der Waals surface area contributed by atoms with Gasteiger partial charge in [-0.1, -0.05) is 11.6 Å². The lowest BCUT2D eigenvalue weighted by atomic mass is 10.3. The molecule has 13 heavy (non-hydrogen) atoms. The van der Waals surface area contributed by atoms with E-state index in [9.17, 15) is 13.6 Å². The topological polar surface area (TPSA) is 30.0 Å². The molecule has 1 aromatic heterocycles. The molecule has 0 aliphatic heterocycles. The Balaban J connectivity index is 3.19. The van der Waals surface area contributed by atoms with Gasteiger partial charge in [-0.15, -0.1) is 0 Å². The van der Waals surface area contributed by atoms with Gasteiger partial charge in [-0.25, -0.2) is 13.8 Å². The Labute approximate surface area is 82.5 Å². The van der Waals surface area contributed by atoms with Crippen LogP contribution in [-0.4, -0.2) is 10.2 Å². The van der Waals surface area contributed by atoms with Gasteiger partial charge in [0, 0.05) is 5.02 Å². The summed E-state index contributed by atoms with van der Waals surface area (Å²) in [6.45, 7) is 0. The molecule has 0 saturated heterocycles. The highest BCUT2D eigenvalue weighted by molar-refractivity contribution is 6.67. The van der Waals surface area contributed by atoms with Crippen molar-refractivity contribution in [3.8, 4) is 0 Å². The predicted octanol–water partition coefficient (Wildman–Crippen LogP) is 3.05. The molecule has 0 aromatic carbocycles. The average molecular weight is 226 g/mol. The molecule has 0 atom stereocenters. The summed E-state index contributed by atoms with van der Waals surface area (Å²) in [6.07, 6.45) is -2.77. The number of hydrogen-bond acceptors (Lipinski definition) is 2. The van der Waals surface area contributed by atoms with Crippen molar-refractivity contribution in [2.45, 2.75) is 6.43 Å². The second-order valence-corrected chi connectivity index (χ2v) is 2.95. The summed E-state index contributed by atoms with van der Waals surface area (Å²) in [7, 11) is 0. The molecule has 6 heteroatoms. The van der Waals surface area contributed by atoms with Crippen molar-refractivity contribution < 1.29 is 13.6 Å². The Morgan fingerprint density at radius 3 is 2.54 bits per heavy atom. The molecule has 0 bridgehead atoms. The van der Waals surface area contributed by atoms with Crippen LogP contribution in [0.25, 0.3) is 0 Å². The van der Waals surface area contributed by atoms with Crippen LogP contribution in [0, 0.1) is 0 Å². The SMILES string of the molecule is O=C(Cl)c1cc(Cl)cc(C(F)F)n1. The number of alkyl halides is 2. The first-order valence-electron chi connectivity index (χ1n) is 3.16. The molecule has 1 rings (SSSR count). The standard InChI is InChI=1S/C7H3Cl2F2NO/c8-3-1-4(6(9)13)12-5(2-3)7(10)11/h1-2,7H. The molecule has 0 radical (unpaired) electrons. The first-order valence-corrected chi connectivity index (χ1v) is 3.92. The van der Waals surface area contributed by atoms with E-state index in [1.807, 2.05) is 0 Å². The summed E-state index contributed by atoms with van der Waals surface area (Å²) in [5, 5.41) is -0.904. The maximum absolute atomic E-state index is 12.1. The van der Waals surface area contributed by atoms with Gasteiger partial charge in [0.25, 0.3) is 11.7 Å². The van der Waals surface area contributed by atoms with E-state index in [1.165, 1.54) is 0 Å². The Morgan fingerprint density at radius 2 is 2.08 bits per heavy atom. The van der Waals surface area contributed by atoms with E-state index in [0.717, 1.165) is 12.1 Å². The van der Waals surface area contributed by atoms with Crippen LogP contribution in [-0.2, 0) is 0 Å². The van der Waals surface area contributed by atoms with E-state index in [2.05, 4.69) is 4.98 Å². The summed E-state index contributed by atoms with van der Waals surface area (Å²) in [5.41, 5.74) is -0.832. The highest BCUT2D eigenvalue weighted by Crippen LogP contribution is 2.21. The molecule has 1 aromatic rings. The van der Waals surface area contributed by atoms with Gasteiger partial charge in [0.2, 0.25) is 0 Å². The molecule has 0 aliphatic carbocycles. The van der Waals surface area contributed by atoms with E-state index in [1.54, 1.807) is 0 Å². The molecule has 1 heterocycles. The minimum Gasteiger partial charge on any atom is -0.274 e. The van der Waals surface area contributed by atoms with Crippen LogP contribution in [0.15, 0.2) is 12.1 Å². The second kappa shape index (κ2) is 3.98. The van der Waals surface area contributed by atoms with Crippen LogP contribution < -0.4 is 0 Å². The lowest BCUT2D eigenvalue weighted by Crippen LogP contribution is -1.98. The van der Waals surface area contributed by atoms with Crippen LogP contribution >= 0.6 is 23.2 Å². The monoisotopic (exact) mass is 225 g/mol. The largest absolute Gasteiger partial charge is 0.280 e. The number of halogens is 4. The Hall–Kier alpha value is -0.740. The molecule has 0 spiro atoms. The van der Waals surface area contributed by atoms with Crippen LogP contribution in [0.3, 0.4) is 0 Å². The number of nitrogens with zero attached hydrogens (tertiary/aromatic N) is 1. The molecule has 0 saturated carbocycles. The predicted molar refractivity (Wildman–Crippen MR) is 44.4 cm³/mol. The maximum atomic E-state index is 12.1. The highest BCUT2D eigenvalue weighted by Gasteiger charge is 2.13. The highest BCUT2D eigenvalue weighted by atomic mass is 35.5. The molecule has 70 valence electrons. The smallest absolute Gasteiger partial charge is 0.274 e. The second-order valence-electron chi connectivity index (χ2n) is 2.17. The van der Waals surface area contributed by atoms with E-state index < -0.39 is 17.4 Å². The number of hydrogen-bond donors (Lipinski definition) is 0. The third-order valence-electron chi connectivity index (χ3n) is 1.23. The van der Waals surface area contributed by atoms with Gasteiger partial charge in [-0.05, 0) is 23.7 Å². The fourth-order valence-electron chi connectivity index (χ4n) is 0.730. The van der Waals surface area contributed by atoms with Crippen molar-refractivity contribution in [1.29, 1.82) is 0 Å². The first-order chi connectivity index (χ1) is 6.00. The average Bonchev–Trinajstić information content (AvgIpc) is 2.03. The third kappa shape index (κ3) is 2.60.